The van der Waals surface area contributed by atoms with Crippen molar-refractivity contribution in [2.75, 3.05) is 42.6 Å². The van der Waals surface area contributed by atoms with Gasteiger partial charge in [0, 0.05) is 38.4 Å². The van der Waals surface area contributed by atoms with Crippen molar-refractivity contribution < 1.29 is 13.9 Å². The molecule has 0 spiro atoms. The molecule has 7 heteroatoms. The first kappa shape index (κ1) is 17.1. The first-order valence-corrected chi connectivity index (χ1v) is 8.41. The summed E-state index contributed by atoms with van der Waals surface area (Å²) in [5, 5.41) is 0. The number of rotatable bonds is 4. The Kier molecular flexibility index (Phi) is 5.42. The predicted molar refractivity (Wildman–Crippen MR) is 93.4 cm³/mol. The number of ether oxygens (including phenoxy) is 1. The first-order valence-electron chi connectivity index (χ1n) is 8.41. The van der Waals surface area contributed by atoms with Gasteiger partial charge in [-0.3, -0.25) is 4.98 Å². The second-order valence-electron chi connectivity index (χ2n) is 5.78. The highest BCUT2D eigenvalue weighted by atomic mass is 19.1. The van der Waals surface area contributed by atoms with Crippen LogP contribution >= 0.6 is 0 Å². The van der Waals surface area contributed by atoms with Gasteiger partial charge < -0.3 is 14.5 Å². The minimum atomic E-state index is -0.360. The summed E-state index contributed by atoms with van der Waals surface area (Å²) in [5.74, 6) is -0.0610. The van der Waals surface area contributed by atoms with Crippen LogP contribution in [-0.2, 0) is 4.74 Å². The highest BCUT2D eigenvalue weighted by Gasteiger charge is 2.22. The van der Waals surface area contributed by atoms with Crippen LogP contribution in [0, 0.1) is 5.82 Å². The van der Waals surface area contributed by atoms with Crippen molar-refractivity contribution in [3.63, 3.8) is 0 Å². The number of nitrogens with zero attached hydrogens (tertiary/aromatic N) is 4. The van der Waals surface area contributed by atoms with Gasteiger partial charge >= 0.3 is 5.97 Å². The molecular weight excluding hydrogens is 323 g/mol. The smallest absolute Gasteiger partial charge is 0.341 e. The lowest BCUT2D eigenvalue weighted by atomic mass is 10.2. The average Bonchev–Trinajstić information content (AvgIpc) is 2.88. The van der Waals surface area contributed by atoms with Crippen molar-refractivity contribution in [1.29, 1.82) is 0 Å². The number of hydrogen-bond acceptors (Lipinski definition) is 6. The topological polar surface area (TPSA) is 58.6 Å². The molecule has 2 aromatic heterocycles. The van der Waals surface area contributed by atoms with Crippen molar-refractivity contribution in [2.24, 2.45) is 0 Å². The molecule has 0 bridgehead atoms. The van der Waals surface area contributed by atoms with Gasteiger partial charge in [-0.05, 0) is 25.5 Å². The molecule has 0 unspecified atom stereocenters. The maximum Gasteiger partial charge on any atom is 0.341 e. The maximum absolute atomic E-state index is 13.4. The fourth-order valence-corrected chi connectivity index (χ4v) is 2.98. The SMILES string of the molecule is CCOC(=O)c1cccnc1N1CCCN(c2cncc(F)c2)CC1. The fourth-order valence-electron chi connectivity index (χ4n) is 2.98. The van der Waals surface area contributed by atoms with Gasteiger partial charge in [0.15, 0.2) is 0 Å². The molecule has 0 N–H and O–H groups in total. The molecule has 1 saturated heterocycles. The molecule has 3 heterocycles. The van der Waals surface area contributed by atoms with E-state index < -0.39 is 0 Å². The Morgan fingerprint density at radius 3 is 2.84 bits per heavy atom. The van der Waals surface area contributed by atoms with Crippen LogP contribution in [0.25, 0.3) is 0 Å². The molecule has 1 aliphatic heterocycles. The van der Waals surface area contributed by atoms with Crippen LogP contribution in [0.15, 0.2) is 36.8 Å². The normalized spacial score (nSPS) is 15.0. The quantitative estimate of drug-likeness (QED) is 0.795. The summed E-state index contributed by atoms with van der Waals surface area (Å²) in [6.45, 7) is 5.05. The lowest BCUT2D eigenvalue weighted by Gasteiger charge is -2.25. The number of hydrogen-bond donors (Lipinski definition) is 0. The molecular formula is C18H21FN4O2. The van der Waals surface area contributed by atoms with Crippen LogP contribution < -0.4 is 9.80 Å². The van der Waals surface area contributed by atoms with E-state index in [0.29, 0.717) is 31.1 Å². The lowest BCUT2D eigenvalue weighted by molar-refractivity contribution is 0.0526. The zero-order chi connectivity index (χ0) is 17.6. The standard InChI is InChI=1S/C18H21FN4O2/c1-2-25-18(24)16-5-3-6-21-17(16)23-8-4-7-22(9-10-23)15-11-14(19)12-20-13-15/h3,5-6,11-13H,2,4,7-10H2,1H3. The van der Waals surface area contributed by atoms with E-state index in [4.69, 9.17) is 4.74 Å². The summed E-state index contributed by atoms with van der Waals surface area (Å²) in [7, 11) is 0. The van der Waals surface area contributed by atoms with E-state index in [2.05, 4.69) is 19.8 Å². The van der Waals surface area contributed by atoms with Crippen LogP contribution in [0.1, 0.15) is 23.7 Å². The fraction of sp³-hybridized carbons (Fsp3) is 0.389. The third-order valence-corrected chi connectivity index (χ3v) is 4.13. The van der Waals surface area contributed by atoms with Crippen molar-refractivity contribution >= 4 is 17.5 Å². The Morgan fingerprint density at radius 1 is 1.24 bits per heavy atom. The summed E-state index contributed by atoms with van der Waals surface area (Å²) >= 11 is 0. The van der Waals surface area contributed by atoms with E-state index in [1.165, 1.54) is 12.3 Å². The molecule has 0 saturated carbocycles. The largest absolute Gasteiger partial charge is 0.462 e. The van der Waals surface area contributed by atoms with Crippen LogP contribution in [0.2, 0.25) is 0 Å². The second kappa shape index (κ2) is 7.92. The van der Waals surface area contributed by atoms with E-state index >= 15 is 0 Å². The molecule has 0 amide bonds. The molecule has 0 radical (unpaired) electrons. The molecule has 6 nitrogen and oxygen atoms in total. The Morgan fingerprint density at radius 2 is 2.04 bits per heavy atom. The number of carbonyl (C=O) groups excluding carboxylic acids is 1. The van der Waals surface area contributed by atoms with Gasteiger partial charge in [-0.15, -0.1) is 0 Å². The molecule has 25 heavy (non-hydrogen) atoms. The molecule has 2 aromatic rings. The second-order valence-corrected chi connectivity index (χ2v) is 5.78. The summed E-state index contributed by atoms with van der Waals surface area (Å²) in [5.41, 5.74) is 1.25. The third-order valence-electron chi connectivity index (χ3n) is 4.13. The lowest BCUT2D eigenvalue weighted by Crippen LogP contribution is -2.32. The van der Waals surface area contributed by atoms with E-state index in [9.17, 15) is 9.18 Å². The number of esters is 1. The number of anilines is 2. The van der Waals surface area contributed by atoms with Gasteiger partial charge in [0.1, 0.15) is 17.2 Å². The molecule has 0 atom stereocenters. The Bertz CT molecular complexity index is 741. The average molecular weight is 344 g/mol. The highest BCUT2D eigenvalue weighted by molar-refractivity contribution is 5.94. The van der Waals surface area contributed by atoms with Gasteiger partial charge in [0.2, 0.25) is 0 Å². The summed E-state index contributed by atoms with van der Waals surface area (Å²) in [4.78, 5) is 24.7. The zero-order valence-corrected chi connectivity index (χ0v) is 14.2. The first-order chi connectivity index (χ1) is 12.2. The van der Waals surface area contributed by atoms with E-state index in [1.807, 2.05) is 0 Å². The van der Waals surface area contributed by atoms with E-state index in [1.54, 1.807) is 31.5 Å². The van der Waals surface area contributed by atoms with Crippen LogP contribution in [0.4, 0.5) is 15.9 Å². The van der Waals surface area contributed by atoms with Gasteiger partial charge in [-0.25, -0.2) is 14.2 Å². The van der Waals surface area contributed by atoms with Crippen molar-refractivity contribution in [3.05, 3.63) is 48.2 Å². The summed E-state index contributed by atoms with van der Waals surface area (Å²) in [6.07, 6.45) is 5.42. The van der Waals surface area contributed by atoms with Crippen LogP contribution in [0.3, 0.4) is 0 Å². The Hall–Kier alpha value is -2.70. The molecule has 1 aliphatic rings. The van der Waals surface area contributed by atoms with Gasteiger partial charge in [0.25, 0.3) is 0 Å². The number of aromatic nitrogens is 2. The molecule has 1 fully saturated rings. The predicted octanol–water partition coefficient (Wildman–Crippen LogP) is 2.51. The number of carbonyl (C=O) groups is 1. The molecule has 3 rings (SSSR count). The van der Waals surface area contributed by atoms with E-state index in [-0.39, 0.29) is 11.8 Å². The van der Waals surface area contributed by atoms with Gasteiger partial charge in [0.05, 0.1) is 24.7 Å². The number of pyridine rings is 2. The van der Waals surface area contributed by atoms with Crippen molar-refractivity contribution in [2.45, 2.75) is 13.3 Å². The zero-order valence-electron chi connectivity index (χ0n) is 14.2. The van der Waals surface area contributed by atoms with Gasteiger partial charge in [-0.2, -0.15) is 0 Å². The van der Waals surface area contributed by atoms with Crippen molar-refractivity contribution in [1.82, 2.24) is 9.97 Å². The third kappa shape index (κ3) is 4.04. The summed E-state index contributed by atoms with van der Waals surface area (Å²) in [6, 6.07) is 4.96. The molecule has 0 aliphatic carbocycles. The summed E-state index contributed by atoms with van der Waals surface area (Å²) < 4.78 is 18.5. The van der Waals surface area contributed by atoms with Gasteiger partial charge in [-0.1, -0.05) is 0 Å². The maximum atomic E-state index is 13.4. The van der Waals surface area contributed by atoms with Crippen molar-refractivity contribution in [3.8, 4) is 0 Å². The highest BCUT2D eigenvalue weighted by Crippen LogP contribution is 2.22. The van der Waals surface area contributed by atoms with Crippen LogP contribution in [-0.4, -0.2) is 48.7 Å². The minimum Gasteiger partial charge on any atom is -0.462 e. The Balaban J connectivity index is 1.77. The van der Waals surface area contributed by atoms with Crippen LogP contribution in [0.5, 0.6) is 0 Å². The molecule has 132 valence electrons. The van der Waals surface area contributed by atoms with E-state index in [0.717, 1.165) is 25.2 Å². The minimum absolute atomic E-state index is 0.327. The Labute approximate surface area is 146 Å². The number of halogens is 1. The molecule has 0 aromatic carbocycles. The monoisotopic (exact) mass is 344 g/mol.